The Morgan fingerprint density at radius 3 is 2.26 bits per heavy atom. The number of amides is 1. The molecule has 0 aliphatic heterocycles. The molecule has 0 saturated carbocycles. The zero-order valence-electron chi connectivity index (χ0n) is 14.8. The molecule has 2 N–H and O–H groups in total. The largest absolute Gasteiger partial charge is 1.00 e. The van der Waals surface area contributed by atoms with Crippen LogP contribution in [0.3, 0.4) is 0 Å². The van der Waals surface area contributed by atoms with E-state index in [9.17, 15) is 17.8 Å². The zero-order valence-corrected chi connectivity index (χ0v) is 17.6. The molecule has 0 aliphatic rings. The first-order valence-corrected chi connectivity index (χ1v) is 9.42. The Labute approximate surface area is 180 Å². The van der Waals surface area contributed by atoms with Gasteiger partial charge in [-0.3, -0.25) is 4.79 Å². The normalized spacial score (nSPS) is 10.9. The number of hydrogen-bond acceptors (Lipinski definition) is 5. The molecule has 3 aromatic carbocycles. The molecular formula is C19H17N2NaO4S. The summed E-state index contributed by atoms with van der Waals surface area (Å²) in [6.07, 6.45) is 0. The Morgan fingerprint density at radius 1 is 0.889 bits per heavy atom. The van der Waals surface area contributed by atoms with Crippen LogP contribution in [-0.2, 0) is 10.1 Å². The van der Waals surface area contributed by atoms with Gasteiger partial charge in [-0.15, -0.1) is 0 Å². The van der Waals surface area contributed by atoms with Crippen LogP contribution >= 0.6 is 0 Å². The summed E-state index contributed by atoms with van der Waals surface area (Å²) in [5, 5.41) is 6.71. The third-order valence-corrected chi connectivity index (χ3v) is 4.83. The smallest absolute Gasteiger partial charge is 0.744 e. The zero-order chi connectivity index (χ0) is 18.6. The molecule has 3 aromatic rings. The molecular weight excluding hydrogens is 375 g/mol. The predicted octanol–water partition coefficient (Wildman–Crippen LogP) is -0.410. The van der Waals surface area contributed by atoms with Crippen LogP contribution in [0, 0.1) is 0 Å². The van der Waals surface area contributed by atoms with Crippen LogP contribution in [0.5, 0.6) is 0 Å². The van der Waals surface area contributed by atoms with Crippen molar-refractivity contribution in [3.8, 4) is 0 Å². The molecule has 0 heterocycles. The minimum Gasteiger partial charge on any atom is -0.744 e. The standard InChI is InChI=1S/C19H18N2O4S.Na/c22-19(15-7-2-1-3-8-15)21-13-12-20-17-11-10-14-6-4-5-9-16(14)18(17)26(23,24)25;/h1-11,20H,12-13H2,(H,21,22)(H,23,24,25);/q;+1/p-1. The van der Waals surface area contributed by atoms with Gasteiger partial charge < -0.3 is 15.2 Å². The Bertz CT molecular complexity index is 1040. The fourth-order valence-corrected chi connectivity index (χ4v) is 3.58. The summed E-state index contributed by atoms with van der Waals surface area (Å²) in [5.41, 5.74) is 0.772. The molecule has 27 heavy (non-hydrogen) atoms. The van der Waals surface area contributed by atoms with E-state index in [1.165, 1.54) is 0 Å². The van der Waals surface area contributed by atoms with E-state index in [0.29, 0.717) is 16.3 Å². The molecule has 3 rings (SSSR count). The van der Waals surface area contributed by atoms with Crippen LogP contribution in [0.1, 0.15) is 10.4 Å². The topological polar surface area (TPSA) is 98.3 Å². The summed E-state index contributed by atoms with van der Waals surface area (Å²) in [6.45, 7) is 0.554. The number of carbonyl (C=O) groups is 1. The van der Waals surface area contributed by atoms with Gasteiger partial charge in [0.15, 0.2) is 0 Å². The van der Waals surface area contributed by atoms with E-state index in [0.717, 1.165) is 0 Å². The number of carbonyl (C=O) groups excluding carboxylic acids is 1. The number of benzene rings is 3. The SMILES string of the molecule is O=C(NCCNc1ccc2ccccc2c1S(=O)(=O)[O-])c1ccccc1.[Na+]. The Kier molecular flexibility index (Phi) is 7.41. The van der Waals surface area contributed by atoms with Crippen LogP contribution in [0.25, 0.3) is 10.8 Å². The summed E-state index contributed by atoms with van der Waals surface area (Å²) in [6, 6.07) is 18.9. The fourth-order valence-electron chi connectivity index (χ4n) is 2.72. The van der Waals surface area contributed by atoms with E-state index in [-0.39, 0.29) is 59.1 Å². The summed E-state index contributed by atoms with van der Waals surface area (Å²) in [7, 11) is -4.66. The summed E-state index contributed by atoms with van der Waals surface area (Å²) >= 11 is 0. The number of anilines is 1. The molecule has 0 aliphatic carbocycles. The van der Waals surface area contributed by atoms with Crippen LogP contribution in [0.4, 0.5) is 5.69 Å². The van der Waals surface area contributed by atoms with Gasteiger partial charge in [-0.05, 0) is 23.6 Å². The average molecular weight is 392 g/mol. The fraction of sp³-hybridized carbons (Fsp3) is 0.105. The Morgan fingerprint density at radius 2 is 1.56 bits per heavy atom. The number of fused-ring (bicyclic) bond motifs is 1. The predicted molar refractivity (Wildman–Crippen MR) is 99.2 cm³/mol. The maximum atomic E-state index is 12.0. The molecule has 0 saturated heterocycles. The van der Waals surface area contributed by atoms with E-state index in [4.69, 9.17) is 0 Å². The summed E-state index contributed by atoms with van der Waals surface area (Å²) in [5.74, 6) is -0.220. The molecule has 0 atom stereocenters. The quantitative estimate of drug-likeness (QED) is 0.338. The first-order chi connectivity index (χ1) is 12.5. The van der Waals surface area contributed by atoms with Gasteiger partial charge in [-0.1, -0.05) is 48.5 Å². The van der Waals surface area contributed by atoms with Crippen molar-refractivity contribution in [3.05, 3.63) is 72.3 Å². The van der Waals surface area contributed by atoms with Crippen molar-refractivity contribution in [2.45, 2.75) is 4.90 Å². The second-order valence-electron chi connectivity index (χ2n) is 5.67. The molecule has 0 aromatic heterocycles. The number of nitrogens with one attached hydrogen (secondary N) is 2. The van der Waals surface area contributed by atoms with Gasteiger partial charge in [0.25, 0.3) is 5.91 Å². The molecule has 6 nitrogen and oxygen atoms in total. The van der Waals surface area contributed by atoms with Crippen molar-refractivity contribution >= 4 is 32.5 Å². The third kappa shape index (κ3) is 5.31. The maximum Gasteiger partial charge on any atom is 1.00 e. The summed E-state index contributed by atoms with van der Waals surface area (Å²) < 4.78 is 35.2. The van der Waals surface area contributed by atoms with E-state index < -0.39 is 10.1 Å². The molecule has 1 amide bonds. The van der Waals surface area contributed by atoms with Gasteiger partial charge in [0, 0.05) is 24.0 Å². The van der Waals surface area contributed by atoms with Crippen molar-refractivity contribution in [2.24, 2.45) is 0 Å². The van der Waals surface area contributed by atoms with E-state index in [1.54, 1.807) is 60.7 Å². The van der Waals surface area contributed by atoms with Crippen LogP contribution in [-0.4, -0.2) is 32.0 Å². The van der Waals surface area contributed by atoms with Crippen LogP contribution < -0.4 is 40.2 Å². The molecule has 0 unspecified atom stereocenters. The molecule has 8 heteroatoms. The van der Waals surface area contributed by atoms with Crippen LogP contribution in [0.15, 0.2) is 71.6 Å². The second kappa shape index (κ2) is 9.34. The number of rotatable bonds is 6. The van der Waals surface area contributed by atoms with Crippen molar-refractivity contribution in [2.75, 3.05) is 18.4 Å². The summed E-state index contributed by atoms with van der Waals surface area (Å²) in [4.78, 5) is 11.7. The third-order valence-electron chi connectivity index (χ3n) is 3.89. The van der Waals surface area contributed by atoms with E-state index in [2.05, 4.69) is 10.6 Å². The Balaban J connectivity index is 0.00000261. The van der Waals surface area contributed by atoms with Crippen molar-refractivity contribution in [1.82, 2.24) is 5.32 Å². The second-order valence-corrected chi connectivity index (χ2v) is 6.98. The molecule has 0 spiro atoms. The first-order valence-electron chi connectivity index (χ1n) is 8.01. The van der Waals surface area contributed by atoms with Gasteiger partial charge in [0.1, 0.15) is 10.1 Å². The molecule has 0 bridgehead atoms. The maximum absolute atomic E-state index is 12.0. The van der Waals surface area contributed by atoms with Gasteiger partial charge >= 0.3 is 29.6 Å². The molecule has 134 valence electrons. The minimum atomic E-state index is -4.66. The van der Waals surface area contributed by atoms with Gasteiger partial charge in [-0.2, -0.15) is 0 Å². The van der Waals surface area contributed by atoms with Crippen LogP contribution in [0.2, 0.25) is 0 Å². The van der Waals surface area contributed by atoms with E-state index >= 15 is 0 Å². The van der Waals surface area contributed by atoms with E-state index in [1.807, 2.05) is 6.07 Å². The van der Waals surface area contributed by atoms with Crippen molar-refractivity contribution in [3.63, 3.8) is 0 Å². The molecule has 0 fully saturated rings. The monoisotopic (exact) mass is 392 g/mol. The molecule has 0 radical (unpaired) electrons. The van der Waals surface area contributed by atoms with Crippen molar-refractivity contribution in [1.29, 1.82) is 0 Å². The van der Waals surface area contributed by atoms with Gasteiger partial charge in [0.2, 0.25) is 0 Å². The first kappa shape index (κ1) is 21.4. The number of hydrogen-bond donors (Lipinski definition) is 2. The van der Waals surface area contributed by atoms with Gasteiger partial charge in [0.05, 0.1) is 10.6 Å². The Hall–Kier alpha value is -1.90. The average Bonchev–Trinajstić information content (AvgIpc) is 2.64. The van der Waals surface area contributed by atoms with Crippen molar-refractivity contribution < 1.29 is 47.3 Å². The van der Waals surface area contributed by atoms with Gasteiger partial charge in [-0.25, -0.2) is 8.42 Å². The minimum absolute atomic E-state index is 0.